The summed E-state index contributed by atoms with van der Waals surface area (Å²) in [6.45, 7) is 7.36. The van der Waals surface area contributed by atoms with Crippen LogP contribution in [0.25, 0.3) is 0 Å². The molecule has 1 aromatic rings. The molecule has 0 aliphatic carbocycles. The third-order valence-corrected chi connectivity index (χ3v) is 1.95. The zero-order valence-electron chi connectivity index (χ0n) is 8.65. The van der Waals surface area contributed by atoms with Gasteiger partial charge in [-0.15, -0.1) is 0 Å². The van der Waals surface area contributed by atoms with Gasteiger partial charge >= 0.3 is 0 Å². The Morgan fingerprint density at radius 2 is 1.93 bits per heavy atom. The van der Waals surface area contributed by atoms with Crippen molar-refractivity contribution in [2.24, 2.45) is 0 Å². The minimum atomic E-state index is 0.0920. The summed E-state index contributed by atoms with van der Waals surface area (Å²) in [5.41, 5.74) is 1.52. The molecule has 0 aromatic heterocycles. The third kappa shape index (κ3) is 3.77. The van der Waals surface area contributed by atoms with Crippen LogP contribution in [0.5, 0.6) is 0 Å². The van der Waals surface area contributed by atoms with Crippen molar-refractivity contribution >= 4 is 5.78 Å². The average Bonchev–Trinajstić information content (AvgIpc) is 2.27. The molecule has 1 rings (SSSR count). The lowest BCUT2D eigenvalue weighted by Crippen LogP contribution is -1.98. The smallest absolute Gasteiger partial charge is 0.167 e. The zero-order chi connectivity index (χ0) is 11.1. The Balaban J connectivity index is 2.61. The van der Waals surface area contributed by atoms with Gasteiger partial charge in [-0.3, -0.25) is 4.79 Å². The summed E-state index contributed by atoms with van der Waals surface area (Å²) in [5.74, 6) is 0.0920. The van der Waals surface area contributed by atoms with Crippen molar-refractivity contribution in [1.29, 1.82) is 0 Å². The molecule has 0 unspecified atom stereocenters. The zero-order valence-corrected chi connectivity index (χ0v) is 8.65. The minimum absolute atomic E-state index is 0.0920. The molecule has 0 heterocycles. The molecule has 15 heavy (non-hydrogen) atoms. The van der Waals surface area contributed by atoms with E-state index in [4.69, 9.17) is 0 Å². The predicted octanol–water partition coefficient (Wildman–Crippen LogP) is 3.56. The normalized spacial score (nSPS) is 10.1. The fourth-order valence-corrected chi connectivity index (χ4v) is 1.20. The van der Waals surface area contributed by atoms with Crippen molar-refractivity contribution in [2.45, 2.75) is 6.42 Å². The Kier molecular flexibility index (Phi) is 4.30. The molecule has 0 bridgehead atoms. The molecule has 0 N–H and O–H groups in total. The molecule has 1 heteroatoms. The van der Waals surface area contributed by atoms with Crippen LogP contribution in [-0.4, -0.2) is 5.78 Å². The van der Waals surface area contributed by atoms with E-state index < -0.39 is 0 Å². The van der Waals surface area contributed by atoms with Crippen LogP contribution in [0, 0.1) is 0 Å². The lowest BCUT2D eigenvalue weighted by atomic mass is 10.0. The summed E-state index contributed by atoms with van der Waals surface area (Å²) in [5, 5.41) is 0. The largest absolute Gasteiger partial charge is 0.294 e. The van der Waals surface area contributed by atoms with Crippen molar-refractivity contribution < 1.29 is 4.79 Å². The number of benzene rings is 1. The van der Waals surface area contributed by atoms with Gasteiger partial charge in [-0.05, 0) is 5.57 Å². The highest BCUT2D eigenvalue weighted by molar-refractivity contribution is 5.97. The first-order chi connectivity index (χ1) is 7.24. The molecule has 0 atom stereocenters. The molecule has 0 saturated heterocycles. The SMILES string of the molecule is C=C/C=C\C(=C)CC(=O)c1ccccc1. The molecular weight excluding hydrogens is 184 g/mol. The van der Waals surface area contributed by atoms with Gasteiger partial charge in [0.15, 0.2) is 5.78 Å². The van der Waals surface area contributed by atoms with Crippen LogP contribution in [0.4, 0.5) is 0 Å². The highest BCUT2D eigenvalue weighted by Gasteiger charge is 2.04. The highest BCUT2D eigenvalue weighted by Crippen LogP contribution is 2.08. The van der Waals surface area contributed by atoms with Crippen LogP contribution in [0.2, 0.25) is 0 Å². The second-order valence-electron chi connectivity index (χ2n) is 3.22. The van der Waals surface area contributed by atoms with Crippen LogP contribution < -0.4 is 0 Å². The molecule has 0 fully saturated rings. The lowest BCUT2D eigenvalue weighted by molar-refractivity contribution is 0.0994. The maximum absolute atomic E-state index is 11.7. The van der Waals surface area contributed by atoms with Crippen LogP contribution in [0.1, 0.15) is 16.8 Å². The molecule has 0 aliphatic heterocycles. The van der Waals surface area contributed by atoms with Gasteiger partial charge in [0.2, 0.25) is 0 Å². The molecule has 0 spiro atoms. The van der Waals surface area contributed by atoms with E-state index in [0.717, 1.165) is 11.1 Å². The Morgan fingerprint density at radius 3 is 2.53 bits per heavy atom. The second-order valence-corrected chi connectivity index (χ2v) is 3.22. The second kappa shape index (κ2) is 5.76. The van der Waals surface area contributed by atoms with Gasteiger partial charge in [-0.1, -0.05) is 61.7 Å². The summed E-state index contributed by atoms with van der Waals surface area (Å²) in [6, 6.07) is 9.23. The van der Waals surface area contributed by atoms with E-state index in [-0.39, 0.29) is 5.78 Å². The van der Waals surface area contributed by atoms with E-state index in [1.165, 1.54) is 0 Å². The Labute approximate surface area is 90.4 Å². The molecule has 0 radical (unpaired) electrons. The quantitative estimate of drug-likeness (QED) is 0.522. The molecule has 1 aromatic carbocycles. The van der Waals surface area contributed by atoms with Crippen LogP contribution in [0.3, 0.4) is 0 Å². The summed E-state index contributed by atoms with van der Waals surface area (Å²) in [7, 11) is 0. The summed E-state index contributed by atoms with van der Waals surface area (Å²) in [6.07, 6.45) is 5.60. The van der Waals surface area contributed by atoms with Crippen molar-refractivity contribution in [3.63, 3.8) is 0 Å². The standard InChI is InChI=1S/C14H14O/c1-3-4-8-12(2)11-14(15)13-9-6-5-7-10-13/h3-10H,1-2,11H2/b8-4-. The van der Waals surface area contributed by atoms with Gasteiger partial charge in [-0.25, -0.2) is 0 Å². The molecule has 0 aliphatic rings. The van der Waals surface area contributed by atoms with E-state index >= 15 is 0 Å². The molecule has 0 amide bonds. The van der Waals surface area contributed by atoms with Crippen molar-refractivity contribution in [3.8, 4) is 0 Å². The van der Waals surface area contributed by atoms with Crippen LogP contribution in [0.15, 0.2) is 67.3 Å². The first-order valence-electron chi connectivity index (χ1n) is 4.79. The van der Waals surface area contributed by atoms with E-state index in [0.29, 0.717) is 6.42 Å². The van der Waals surface area contributed by atoms with Crippen LogP contribution in [-0.2, 0) is 0 Å². The maximum atomic E-state index is 11.7. The van der Waals surface area contributed by atoms with Gasteiger partial charge in [-0.2, -0.15) is 0 Å². The van der Waals surface area contributed by atoms with E-state index in [9.17, 15) is 4.79 Å². The fraction of sp³-hybridized carbons (Fsp3) is 0.0714. The topological polar surface area (TPSA) is 17.1 Å². The number of allylic oxidation sites excluding steroid dienone is 4. The lowest BCUT2D eigenvalue weighted by Gasteiger charge is -1.99. The molecule has 1 nitrogen and oxygen atoms in total. The molecule has 0 saturated carbocycles. The Bertz CT molecular complexity index is 385. The minimum Gasteiger partial charge on any atom is -0.294 e. The number of ketones is 1. The predicted molar refractivity (Wildman–Crippen MR) is 63.9 cm³/mol. The monoisotopic (exact) mass is 198 g/mol. The molecular formula is C14H14O. The van der Waals surface area contributed by atoms with E-state index in [1.54, 1.807) is 18.2 Å². The maximum Gasteiger partial charge on any atom is 0.167 e. The summed E-state index contributed by atoms with van der Waals surface area (Å²) < 4.78 is 0. The third-order valence-electron chi connectivity index (χ3n) is 1.95. The molecule has 76 valence electrons. The average molecular weight is 198 g/mol. The van der Waals surface area contributed by atoms with Crippen LogP contribution >= 0.6 is 0 Å². The summed E-state index contributed by atoms with van der Waals surface area (Å²) >= 11 is 0. The number of carbonyl (C=O) groups is 1. The number of rotatable bonds is 5. The Morgan fingerprint density at radius 1 is 1.27 bits per heavy atom. The number of hydrogen-bond acceptors (Lipinski definition) is 1. The Hall–Kier alpha value is -1.89. The first-order valence-corrected chi connectivity index (χ1v) is 4.79. The van der Waals surface area contributed by atoms with Gasteiger partial charge in [0.1, 0.15) is 0 Å². The number of Topliss-reactive ketones (excluding diaryl/α,β-unsaturated/α-hetero) is 1. The van der Waals surface area contributed by atoms with E-state index in [1.807, 2.05) is 30.3 Å². The van der Waals surface area contributed by atoms with Crippen molar-refractivity contribution in [1.82, 2.24) is 0 Å². The first kappa shape index (κ1) is 11.2. The number of carbonyl (C=O) groups excluding carboxylic acids is 1. The van der Waals surface area contributed by atoms with Gasteiger partial charge in [0.25, 0.3) is 0 Å². The van der Waals surface area contributed by atoms with Crippen molar-refractivity contribution in [2.75, 3.05) is 0 Å². The highest BCUT2D eigenvalue weighted by atomic mass is 16.1. The van der Waals surface area contributed by atoms with Gasteiger partial charge in [0, 0.05) is 12.0 Å². The van der Waals surface area contributed by atoms with Gasteiger partial charge < -0.3 is 0 Å². The number of hydrogen-bond donors (Lipinski definition) is 0. The summed E-state index contributed by atoms with van der Waals surface area (Å²) in [4.78, 5) is 11.7. The van der Waals surface area contributed by atoms with E-state index in [2.05, 4.69) is 13.2 Å². The fourth-order valence-electron chi connectivity index (χ4n) is 1.20. The van der Waals surface area contributed by atoms with Crippen molar-refractivity contribution in [3.05, 3.63) is 72.9 Å². The van der Waals surface area contributed by atoms with Gasteiger partial charge in [0.05, 0.1) is 0 Å².